The van der Waals surface area contributed by atoms with Crippen molar-refractivity contribution in [3.05, 3.63) is 0 Å². The molecule has 2 aliphatic carbocycles. The van der Waals surface area contributed by atoms with E-state index in [1.54, 1.807) is 0 Å². The van der Waals surface area contributed by atoms with E-state index in [1.807, 2.05) is 0 Å². The quantitative estimate of drug-likeness (QED) is 0.545. The number of ether oxygens (including phenoxy) is 1. The van der Waals surface area contributed by atoms with Crippen LogP contribution in [0.5, 0.6) is 0 Å². The van der Waals surface area contributed by atoms with Gasteiger partial charge in [0.15, 0.2) is 0 Å². The minimum absolute atomic E-state index is 0.00833. The van der Waals surface area contributed by atoms with Crippen LogP contribution in [0, 0.1) is 5.41 Å². The zero-order chi connectivity index (χ0) is 11.6. The van der Waals surface area contributed by atoms with E-state index < -0.39 is 0 Å². The summed E-state index contributed by atoms with van der Waals surface area (Å²) in [5.74, 6) is -0.243. The summed E-state index contributed by atoms with van der Waals surface area (Å²) in [5.41, 5.74) is 0.204. The smallest absolute Gasteiger partial charge is 0.321 e. The van der Waals surface area contributed by atoms with Crippen molar-refractivity contribution in [3.8, 4) is 0 Å². The minimum atomic E-state index is -0.234. The fourth-order valence-corrected chi connectivity index (χ4v) is 3.50. The maximum Gasteiger partial charge on any atom is 0.321 e. The van der Waals surface area contributed by atoms with E-state index in [2.05, 4.69) is 6.92 Å². The monoisotopic (exact) mass is 244 g/mol. The van der Waals surface area contributed by atoms with Gasteiger partial charge in [-0.3, -0.25) is 4.79 Å². The van der Waals surface area contributed by atoms with Crippen molar-refractivity contribution in [2.45, 2.75) is 63.9 Å². The van der Waals surface area contributed by atoms with Crippen molar-refractivity contribution in [1.29, 1.82) is 0 Å². The van der Waals surface area contributed by atoms with Gasteiger partial charge in [0.1, 0.15) is 11.5 Å². The van der Waals surface area contributed by atoms with E-state index in [1.165, 1.54) is 38.5 Å². The van der Waals surface area contributed by atoms with Crippen molar-refractivity contribution >= 4 is 17.6 Å². The van der Waals surface area contributed by atoms with Gasteiger partial charge in [0, 0.05) is 5.41 Å². The normalized spacial score (nSPS) is 36.6. The first-order valence-corrected chi connectivity index (χ1v) is 6.99. The highest BCUT2D eigenvalue weighted by Crippen LogP contribution is 2.69. The van der Waals surface area contributed by atoms with Gasteiger partial charge in [0.25, 0.3) is 0 Å². The summed E-state index contributed by atoms with van der Waals surface area (Å²) in [4.78, 5) is 11.4. The zero-order valence-electron chi connectivity index (χ0n) is 10.1. The Labute approximate surface area is 103 Å². The van der Waals surface area contributed by atoms with Crippen LogP contribution in [-0.4, -0.2) is 17.5 Å². The molecular formula is C13H21ClO2. The molecule has 0 aromatic rings. The molecule has 0 aromatic carbocycles. The second-order valence-electron chi connectivity index (χ2n) is 5.37. The lowest BCUT2D eigenvalue weighted by Gasteiger charge is -2.30. The Morgan fingerprint density at radius 1 is 1.38 bits per heavy atom. The van der Waals surface area contributed by atoms with E-state index >= 15 is 0 Å². The number of carbonyl (C=O) groups is 1. The van der Waals surface area contributed by atoms with Crippen molar-refractivity contribution < 1.29 is 9.53 Å². The van der Waals surface area contributed by atoms with Crippen LogP contribution >= 0.6 is 11.6 Å². The zero-order valence-corrected chi connectivity index (χ0v) is 10.8. The van der Waals surface area contributed by atoms with Gasteiger partial charge in [-0.2, -0.15) is 0 Å². The highest BCUT2D eigenvalue weighted by Gasteiger charge is 2.69. The molecule has 16 heavy (non-hydrogen) atoms. The van der Waals surface area contributed by atoms with Crippen LogP contribution in [0.2, 0.25) is 0 Å². The number of unbranched alkanes of at least 4 members (excludes halogenated alkanes) is 1. The summed E-state index contributed by atoms with van der Waals surface area (Å²) in [5, 5.41) is 0. The fraction of sp³-hybridized carbons (Fsp3) is 0.923. The second-order valence-corrected chi connectivity index (χ2v) is 5.64. The number of hydrogen-bond acceptors (Lipinski definition) is 2. The molecule has 2 fully saturated rings. The molecule has 0 heterocycles. The number of hydrogen-bond donors (Lipinski definition) is 0. The molecule has 2 saturated carbocycles. The highest BCUT2D eigenvalue weighted by atomic mass is 35.5. The topological polar surface area (TPSA) is 26.3 Å². The molecule has 92 valence electrons. The standard InChI is InChI=1S/C13H21ClO2/c1-2-3-6-12-7-4-5-8-13(12,10-12)16-11(15)9-14/h2-10H2,1H3/t12-,13-/m1/s1. The van der Waals surface area contributed by atoms with E-state index in [4.69, 9.17) is 16.3 Å². The highest BCUT2D eigenvalue weighted by molar-refractivity contribution is 6.26. The Bertz CT molecular complexity index is 279. The van der Waals surface area contributed by atoms with Crippen molar-refractivity contribution in [1.82, 2.24) is 0 Å². The molecule has 0 N–H and O–H groups in total. The Kier molecular flexibility index (Phi) is 3.48. The Morgan fingerprint density at radius 3 is 2.81 bits per heavy atom. The van der Waals surface area contributed by atoms with Gasteiger partial charge in [0.2, 0.25) is 0 Å². The van der Waals surface area contributed by atoms with Crippen LogP contribution < -0.4 is 0 Å². The molecule has 0 aromatic heterocycles. The van der Waals surface area contributed by atoms with E-state index in [9.17, 15) is 4.79 Å². The molecule has 0 spiro atoms. The lowest BCUT2D eigenvalue weighted by Crippen LogP contribution is -2.31. The maximum atomic E-state index is 11.4. The van der Waals surface area contributed by atoms with E-state index in [-0.39, 0.29) is 17.5 Å². The fourth-order valence-electron chi connectivity index (χ4n) is 3.44. The van der Waals surface area contributed by atoms with Crippen molar-refractivity contribution in [2.24, 2.45) is 5.41 Å². The molecule has 2 atom stereocenters. The number of alkyl halides is 1. The molecule has 0 radical (unpaired) electrons. The first-order valence-electron chi connectivity index (χ1n) is 6.46. The predicted octanol–water partition coefficient (Wildman–Crippen LogP) is 3.66. The summed E-state index contributed by atoms with van der Waals surface area (Å²) in [6.45, 7) is 2.22. The minimum Gasteiger partial charge on any atom is -0.458 e. The van der Waals surface area contributed by atoms with Gasteiger partial charge >= 0.3 is 5.97 Å². The molecule has 2 aliphatic rings. The third-order valence-corrected chi connectivity index (χ3v) is 4.60. The molecule has 0 aliphatic heterocycles. The SMILES string of the molecule is CCCC[C@]12CCCC[C@@]1(OC(=O)CCl)C2. The molecule has 3 heteroatoms. The van der Waals surface area contributed by atoms with E-state index in [0.29, 0.717) is 5.41 Å². The third kappa shape index (κ3) is 1.97. The predicted molar refractivity (Wildman–Crippen MR) is 64.6 cm³/mol. The summed E-state index contributed by atoms with van der Waals surface area (Å²) in [6.07, 6.45) is 9.57. The van der Waals surface area contributed by atoms with Crippen LogP contribution in [0.4, 0.5) is 0 Å². The molecule has 0 saturated heterocycles. The summed E-state index contributed by atoms with van der Waals surface area (Å²) in [7, 11) is 0. The molecule has 2 nitrogen and oxygen atoms in total. The number of rotatable bonds is 5. The summed E-state index contributed by atoms with van der Waals surface area (Å²) < 4.78 is 5.63. The lowest BCUT2D eigenvalue weighted by molar-refractivity contribution is -0.152. The van der Waals surface area contributed by atoms with Crippen LogP contribution in [0.25, 0.3) is 0 Å². The molecule has 0 bridgehead atoms. The Morgan fingerprint density at radius 2 is 2.12 bits per heavy atom. The average molecular weight is 245 g/mol. The van der Waals surface area contributed by atoms with Crippen LogP contribution in [0.1, 0.15) is 58.3 Å². The Hall–Kier alpha value is -0.240. The third-order valence-electron chi connectivity index (χ3n) is 4.38. The summed E-state index contributed by atoms with van der Waals surface area (Å²) >= 11 is 5.53. The van der Waals surface area contributed by atoms with Gasteiger partial charge < -0.3 is 4.74 Å². The number of esters is 1. The van der Waals surface area contributed by atoms with Gasteiger partial charge in [0.05, 0.1) is 0 Å². The number of halogens is 1. The molecule has 0 amide bonds. The first-order chi connectivity index (χ1) is 7.68. The van der Waals surface area contributed by atoms with Gasteiger partial charge in [-0.25, -0.2) is 0 Å². The van der Waals surface area contributed by atoms with Gasteiger partial charge in [-0.15, -0.1) is 11.6 Å². The largest absolute Gasteiger partial charge is 0.458 e. The molecular weight excluding hydrogens is 224 g/mol. The first kappa shape index (κ1) is 12.2. The van der Waals surface area contributed by atoms with E-state index in [0.717, 1.165) is 12.8 Å². The lowest BCUT2D eigenvalue weighted by atomic mass is 9.82. The molecule has 2 rings (SSSR count). The second kappa shape index (κ2) is 4.56. The number of carbonyl (C=O) groups excluding carboxylic acids is 1. The summed E-state index contributed by atoms with van der Waals surface area (Å²) in [6, 6.07) is 0. The van der Waals surface area contributed by atoms with Gasteiger partial charge in [-0.1, -0.05) is 26.2 Å². The van der Waals surface area contributed by atoms with Crippen LogP contribution in [0.15, 0.2) is 0 Å². The Balaban J connectivity index is 2.00. The van der Waals surface area contributed by atoms with Crippen molar-refractivity contribution in [3.63, 3.8) is 0 Å². The van der Waals surface area contributed by atoms with Crippen LogP contribution in [-0.2, 0) is 9.53 Å². The van der Waals surface area contributed by atoms with Gasteiger partial charge in [-0.05, 0) is 32.1 Å². The average Bonchev–Trinajstić information content (AvgIpc) is 2.95. The molecule has 0 unspecified atom stereocenters. The maximum absolute atomic E-state index is 11.4. The number of fused-ring (bicyclic) bond motifs is 1. The van der Waals surface area contributed by atoms with Crippen molar-refractivity contribution in [2.75, 3.05) is 5.88 Å². The van der Waals surface area contributed by atoms with Crippen LogP contribution in [0.3, 0.4) is 0 Å².